The van der Waals surface area contributed by atoms with Crippen LogP contribution in [-0.4, -0.2) is 27.7 Å². The van der Waals surface area contributed by atoms with Gasteiger partial charge in [-0.25, -0.2) is 9.50 Å². The Morgan fingerprint density at radius 2 is 2.18 bits per heavy atom. The van der Waals surface area contributed by atoms with E-state index in [0.29, 0.717) is 12.5 Å². The highest BCUT2D eigenvalue weighted by Gasteiger charge is 2.19. The van der Waals surface area contributed by atoms with Gasteiger partial charge >= 0.3 is 0 Å². The van der Waals surface area contributed by atoms with Crippen molar-refractivity contribution in [1.29, 1.82) is 0 Å². The Labute approximate surface area is 100 Å². The molecule has 0 bridgehead atoms. The summed E-state index contributed by atoms with van der Waals surface area (Å²) in [4.78, 5) is 4.61. The zero-order valence-corrected chi connectivity index (χ0v) is 9.76. The van der Waals surface area contributed by atoms with E-state index in [4.69, 9.17) is 5.73 Å². The fourth-order valence-corrected chi connectivity index (χ4v) is 2.38. The van der Waals surface area contributed by atoms with E-state index in [1.165, 1.54) is 0 Å². The molecule has 17 heavy (non-hydrogen) atoms. The minimum Gasteiger partial charge on any atom is -0.325 e. The fourth-order valence-electron chi connectivity index (χ4n) is 2.38. The summed E-state index contributed by atoms with van der Waals surface area (Å²) in [7, 11) is 0. The van der Waals surface area contributed by atoms with E-state index in [2.05, 4.69) is 15.4 Å². The molecule has 1 aliphatic rings. The average molecular weight is 231 g/mol. The van der Waals surface area contributed by atoms with E-state index in [0.717, 1.165) is 43.1 Å². The second kappa shape index (κ2) is 4.43. The smallest absolute Gasteiger partial charge is 0.155 e. The van der Waals surface area contributed by atoms with Gasteiger partial charge in [0.05, 0.1) is 5.69 Å². The Kier molecular flexibility index (Phi) is 2.78. The van der Waals surface area contributed by atoms with Crippen LogP contribution in [0, 0.1) is 0 Å². The zero-order valence-electron chi connectivity index (χ0n) is 9.76. The topological polar surface area (TPSA) is 68.2 Å². The molecule has 0 aromatic carbocycles. The van der Waals surface area contributed by atoms with E-state index in [1.807, 2.05) is 22.7 Å². The van der Waals surface area contributed by atoms with Crippen LogP contribution in [-0.2, 0) is 6.54 Å². The molecule has 3 heterocycles. The lowest BCUT2D eigenvalue weighted by molar-refractivity contribution is 0.445. The van der Waals surface area contributed by atoms with E-state index >= 15 is 0 Å². The van der Waals surface area contributed by atoms with Crippen LogP contribution in [0.15, 0.2) is 18.2 Å². The van der Waals surface area contributed by atoms with Crippen LogP contribution in [0.4, 0.5) is 0 Å². The van der Waals surface area contributed by atoms with Crippen molar-refractivity contribution in [1.82, 2.24) is 19.9 Å². The summed E-state index contributed by atoms with van der Waals surface area (Å²) in [6.45, 7) is 2.61. The van der Waals surface area contributed by atoms with Gasteiger partial charge in [-0.3, -0.25) is 0 Å². The Morgan fingerprint density at radius 1 is 1.35 bits per heavy atom. The molecule has 2 aromatic heterocycles. The van der Waals surface area contributed by atoms with Gasteiger partial charge in [0.2, 0.25) is 0 Å². The first kappa shape index (κ1) is 10.7. The summed E-state index contributed by atoms with van der Waals surface area (Å²) in [6.07, 6.45) is 2.24. The Morgan fingerprint density at radius 3 is 2.94 bits per heavy atom. The van der Waals surface area contributed by atoms with Crippen LogP contribution in [0.5, 0.6) is 0 Å². The quantitative estimate of drug-likeness (QED) is 0.796. The molecule has 0 aliphatic carbocycles. The van der Waals surface area contributed by atoms with Crippen LogP contribution in [0.1, 0.15) is 30.3 Å². The standard InChI is InChI=1S/C12H17N5/c13-8-10-2-1-3-11-15-12(16-17(10)11)9-4-6-14-7-5-9/h1-3,9,14H,4-8,13H2. The third kappa shape index (κ3) is 1.92. The maximum absolute atomic E-state index is 5.71. The average Bonchev–Trinajstić information content (AvgIpc) is 2.83. The van der Waals surface area contributed by atoms with Gasteiger partial charge in [-0.15, -0.1) is 0 Å². The molecule has 0 saturated carbocycles. The molecule has 3 N–H and O–H groups in total. The number of nitrogens with one attached hydrogen (secondary N) is 1. The molecular formula is C12H17N5. The van der Waals surface area contributed by atoms with Crippen LogP contribution in [0.2, 0.25) is 0 Å². The van der Waals surface area contributed by atoms with E-state index in [9.17, 15) is 0 Å². The highest BCUT2D eigenvalue weighted by atomic mass is 15.3. The summed E-state index contributed by atoms with van der Waals surface area (Å²) in [6, 6.07) is 5.96. The van der Waals surface area contributed by atoms with E-state index in [-0.39, 0.29) is 0 Å². The van der Waals surface area contributed by atoms with Crippen LogP contribution >= 0.6 is 0 Å². The Balaban J connectivity index is 2.00. The van der Waals surface area contributed by atoms with Crippen molar-refractivity contribution in [3.63, 3.8) is 0 Å². The molecule has 5 heteroatoms. The van der Waals surface area contributed by atoms with Crippen molar-refractivity contribution in [3.8, 4) is 0 Å². The molecule has 0 atom stereocenters. The van der Waals surface area contributed by atoms with Crippen molar-refractivity contribution in [3.05, 3.63) is 29.7 Å². The number of hydrogen-bond donors (Lipinski definition) is 2. The minimum absolute atomic E-state index is 0.488. The van der Waals surface area contributed by atoms with Crippen LogP contribution in [0.3, 0.4) is 0 Å². The molecule has 0 amide bonds. The predicted molar refractivity (Wildman–Crippen MR) is 65.7 cm³/mol. The van der Waals surface area contributed by atoms with Crippen LogP contribution < -0.4 is 11.1 Å². The number of nitrogens with zero attached hydrogens (tertiary/aromatic N) is 3. The molecule has 2 aromatic rings. The second-order valence-electron chi connectivity index (χ2n) is 4.49. The maximum atomic E-state index is 5.71. The van der Waals surface area contributed by atoms with Gasteiger partial charge in [-0.2, -0.15) is 5.10 Å². The molecule has 3 rings (SSSR count). The maximum Gasteiger partial charge on any atom is 0.155 e. The van der Waals surface area contributed by atoms with Crippen molar-refractivity contribution in [2.45, 2.75) is 25.3 Å². The van der Waals surface area contributed by atoms with Gasteiger partial charge in [0, 0.05) is 12.5 Å². The summed E-state index contributed by atoms with van der Waals surface area (Å²) < 4.78 is 1.87. The Bertz CT molecular complexity index is 513. The first-order chi connectivity index (χ1) is 8.38. The molecular weight excluding hydrogens is 214 g/mol. The number of fused-ring (bicyclic) bond motifs is 1. The third-order valence-corrected chi connectivity index (χ3v) is 3.37. The van der Waals surface area contributed by atoms with E-state index in [1.54, 1.807) is 0 Å². The van der Waals surface area contributed by atoms with Gasteiger partial charge in [-0.1, -0.05) is 6.07 Å². The number of rotatable bonds is 2. The normalized spacial score (nSPS) is 17.7. The molecule has 90 valence electrons. The molecule has 0 unspecified atom stereocenters. The third-order valence-electron chi connectivity index (χ3n) is 3.37. The van der Waals surface area contributed by atoms with Crippen molar-refractivity contribution < 1.29 is 0 Å². The lowest BCUT2D eigenvalue weighted by atomic mass is 9.98. The molecule has 5 nitrogen and oxygen atoms in total. The second-order valence-corrected chi connectivity index (χ2v) is 4.49. The highest BCUT2D eigenvalue weighted by molar-refractivity contribution is 5.39. The van der Waals surface area contributed by atoms with Gasteiger partial charge in [0.15, 0.2) is 11.5 Å². The lowest BCUT2D eigenvalue weighted by Crippen LogP contribution is -2.27. The SMILES string of the molecule is NCc1cccc2nc(C3CCNCC3)nn12. The predicted octanol–water partition coefficient (Wildman–Crippen LogP) is 0.655. The number of aromatic nitrogens is 3. The largest absolute Gasteiger partial charge is 0.325 e. The summed E-state index contributed by atoms with van der Waals surface area (Å²) in [5.41, 5.74) is 7.62. The molecule has 0 radical (unpaired) electrons. The zero-order chi connectivity index (χ0) is 11.7. The lowest BCUT2D eigenvalue weighted by Gasteiger charge is -2.19. The highest BCUT2D eigenvalue weighted by Crippen LogP contribution is 2.22. The molecule has 1 aliphatic heterocycles. The number of pyridine rings is 1. The number of hydrogen-bond acceptors (Lipinski definition) is 4. The first-order valence-corrected chi connectivity index (χ1v) is 6.14. The van der Waals surface area contributed by atoms with Gasteiger partial charge in [0.1, 0.15) is 0 Å². The van der Waals surface area contributed by atoms with Crippen molar-refractivity contribution in [2.24, 2.45) is 5.73 Å². The Hall–Kier alpha value is -1.46. The number of piperidine rings is 1. The molecule has 1 saturated heterocycles. The van der Waals surface area contributed by atoms with Crippen molar-refractivity contribution >= 4 is 5.65 Å². The van der Waals surface area contributed by atoms with Gasteiger partial charge < -0.3 is 11.1 Å². The van der Waals surface area contributed by atoms with Crippen LogP contribution in [0.25, 0.3) is 5.65 Å². The minimum atomic E-state index is 0.488. The molecule has 1 fully saturated rings. The van der Waals surface area contributed by atoms with Crippen molar-refractivity contribution in [2.75, 3.05) is 13.1 Å². The van der Waals surface area contributed by atoms with E-state index < -0.39 is 0 Å². The summed E-state index contributed by atoms with van der Waals surface area (Å²) >= 11 is 0. The van der Waals surface area contributed by atoms with Gasteiger partial charge in [-0.05, 0) is 38.1 Å². The van der Waals surface area contributed by atoms with Gasteiger partial charge in [0.25, 0.3) is 0 Å². The summed E-state index contributed by atoms with van der Waals surface area (Å²) in [5, 5.41) is 7.96. The summed E-state index contributed by atoms with van der Waals surface area (Å²) in [5.74, 6) is 1.45. The fraction of sp³-hybridized carbons (Fsp3) is 0.500. The first-order valence-electron chi connectivity index (χ1n) is 6.14. The number of nitrogens with two attached hydrogens (primary N) is 1. The monoisotopic (exact) mass is 231 g/mol. The molecule has 0 spiro atoms.